The molecule has 0 aliphatic carbocycles. The van der Waals surface area contributed by atoms with Gasteiger partial charge in [0.15, 0.2) is 0 Å². The average Bonchev–Trinajstić information content (AvgIpc) is 3.18. The van der Waals surface area contributed by atoms with Gasteiger partial charge in [-0.1, -0.05) is 5.16 Å². The van der Waals surface area contributed by atoms with Crippen LogP contribution in [0.1, 0.15) is 37.7 Å². The van der Waals surface area contributed by atoms with Crippen molar-refractivity contribution in [2.45, 2.75) is 56.3 Å². The average molecular weight is 343 g/mol. The van der Waals surface area contributed by atoms with Gasteiger partial charge in [-0.2, -0.15) is 0 Å². The number of oxime groups is 1. The number of rotatable bonds is 4. The molecule has 3 atom stereocenters. The number of ether oxygens (including phenoxy) is 1. The SMILES string of the molecule is COc1ccc(C2=NOC(C(=O)NC3CC4CCC(C3)N4C)C2)cc1. The van der Waals surface area contributed by atoms with Gasteiger partial charge >= 0.3 is 0 Å². The Kier molecular flexibility index (Phi) is 4.37. The highest BCUT2D eigenvalue weighted by Gasteiger charge is 2.40. The predicted octanol–water partition coefficient (Wildman–Crippen LogP) is 1.93. The van der Waals surface area contributed by atoms with Crippen LogP contribution in [0.3, 0.4) is 0 Å². The summed E-state index contributed by atoms with van der Waals surface area (Å²) < 4.78 is 5.17. The van der Waals surface area contributed by atoms with Gasteiger partial charge in [0, 0.05) is 24.5 Å². The van der Waals surface area contributed by atoms with Crippen molar-refractivity contribution in [3.63, 3.8) is 0 Å². The van der Waals surface area contributed by atoms with E-state index in [-0.39, 0.29) is 11.9 Å². The number of amides is 1. The zero-order valence-electron chi connectivity index (χ0n) is 14.8. The minimum absolute atomic E-state index is 0.0405. The highest BCUT2D eigenvalue weighted by atomic mass is 16.6. The Hall–Kier alpha value is -2.08. The molecule has 3 heterocycles. The molecule has 1 aromatic rings. The van der Waals surface area contributed by atoms with Gasteiger partial charge in [-0.25, -0.2) is 0 Å². The number of methoxy groups -OCH3 is 1. The van der Waals surface area contributed by atoms with Gasteiger partial charge in [-0.3, -0.25) is 4.79 Å². The smallest absolute Gasteiger partial charge is 0.264 e. The molecule has 25 heavy (non-hydrogen) atoms. The molecular weight excluding hydrogens is 318 g/mol. The third-order valence-electron chi connectivity index (χ3n) is 5.83. The van der Waals surface area contributed by atoms with E-state index in [4.69, 9.17) is 9.57 Å². The predicted molar refractivity (Wildman–Crippen MR) is 94.8 cm³/mol. The Morgan fingerprint density at radius 1 is 1.24 bits per heavy atom. The summed E-state index contributed by atoms with van der Waals surface area (Å²) in [5.41, 5.74) is 1.78. The number of carbonyl (C=O) groups is 1. The molecule has 0 saturated carbocycles. The number of hydrogen-bond donors (Lipinski definition) is 1. The quantitative estimate of drug-likeness (QED) is 0.907. The van der Waals surface area contributed by atoms with Crippen LogP contribution in [0.25, 0.3) is 0 Å². The lowest BCUT2D eigenvalue weighted by Crippen LogP contribution is -2.50. The Morgan fingerprint density at radius 3 is 2.56 bits per heavy atom. The topological polar surface area (TPSA) is 63.2 Å². The molecule has 1 amide bonds. The summed E-state index contributed by atoms with van der Waals surface area (Å²) in [5.74, 6) is 0.760. The maximum Gasteiger partial charge on any atom is 0.264 e. The van der Waals surface area contributed by atoms with E-state index < -0.39 is 6.10 Å². The van der Waals surface area contributed by atoms with Crippen LogP contribution in [-0.2, 0) is 9.63 Å². The molecule has 3 aliphatic rings. The van der Waals surface area contributed by atoms with E-state index in [0.717, 1.165) is 29.9 Å². The minimum atomic E-state index is -0.519. The summed E-state index contributed by atoms with van der Waals surface area (Å²) in [6, 6.07) is 9.14. The maximum absolute atomic E-state index is 12.6. The van der Waals surface area contributed by atoms with Crippen LogP contribution >= 0.6 is 0 Å². The van der Waals surface area contributed by atoms with Crippen molar-refractivity contribution >= 4 is 11.6 Å². The molecular formula is C19H25N3O3. The molecule has 134 valence electrons. The van der Waals surface area contributed by atoms with Crippen molar-refractivity contribution in [3.05, 3.63) is 29.8 Å². The first-order valence-electron chi connectivity index (χ1n) is 9.03. The molecule has 0 spiro atoms. The van der Waals surface area contributed by atoms with Crippen molar-refractivity contribution in [1.82, 2.24) is 10.2 Å². The molecule has 1 N–H and O–H groups in total. The third kappa shape index (κ3) is 3.23. The fraction of sp³-hybridized carbons (Fsp3) is 0.579. The highest BCUT2D eigenvalue weighted by Crippen LogP contribution is 2.34. The second-order valence-corrected chi connectivity index (χ2v) is 7.29. The monoisotopic (exact) mass is 343 g/mol. The lowest BCUT2D eigenvalue weighted by atomic mass is 9.97. The van der Waals surface area contributed by atoms with Crippen molar-refractivity contribution in [3.8, 4) is 5.75 Å². The second kappa shape index (κ2) is 6.67. The standard InChI is InChI=1S/C19H25N3O3/c1-22-14-5-6-15(22)10-13(9-14)20-19(23)18-11-17(21-25-18)12-3-7-16(24-2)8-4-12/h3-4,7-8,13-15,18H,5-6,9-11H2,1-2H3,(H,20,23). The van der Waals surface area contributed by atoms with E-state index in [1.165, 1.54) is 12.8 Å². The molecule has 2 bridgehead atoms. The third-order valence-corrected chi connectivity index (χ3v) is 5.83. The van der Waals surface area contributed by atoms with E-state index in [9.17, 15) is 4.79 Å². The van der Waals surface area contributed by atoms with Crippen LogP contribution in [0.5, 0.6) is 5.75 Å². The van der Waals surface area contributed by atoms with Crippen LogP contribution in [0.15, 0.2) is 29.4 Å². The first kappa shape index (κ1) is 16.4. The van der Waals surface area contributed by atoms with Gasteiger partial charge < -0.3 is 19.8 Å². The Morgan fingerprint density at radius 2 is 1.92 bits per heavy atom. The highest BCUT2D eigenvalue weighted by molar-refractivity contribution is 6.04. The van der Waals surface area contributed by atoms with E-state index in [2.05, 4.69) is 22.4 Å². The molecule has 2 fully saturated rings. The molecule has 0 aromatic heterocycles. The Labute approximate surface area is 148 Å². The zero-order valence-corrected chi connectivity index (χ0v) is 14.8. The summed E-state index contributed by atoms with van der Waals surface area (Å²) in [4.78, 5) is 20.4. The number of carbonyl (C=O) groups excluding carboxylic acids is 1. The van der Waals surface area contributed by atoms with Gasteiger partial charge in [-0.05, 0) is 62.6 Å². The minimum Gasteiger partial charge on any atom is -0.497 e. The summed E-state index contributed by atoms with van der Waals surface area (Å²) in [7, 11) is 3.84. The number of hydrogen-bond acceptors (Lipinski definition) is 5. The molecule has 2 saturated heterocycles. The van der Waals surface area contributed by atoms with Gasteiger partial charge in [0.2, 0.25) is 6.10 Å². The Bertz CT molecular complexity index is 659. The number of nitrogens with zero attached hydrogens (tertiary/aromatic N) is 2. The van der Waals surface area contributed by atoms with Crippen LogP contribution in [-0.4, -0.2) is 54.9 Å². The summed E-state index contributed by atoms with van der Waals surface area (Å²) in [6.07, 6.45) is 4.57. The number of nitrogens with one attached hydrogen (secondary N) is 1. The van der Waals surface area contributed by atoms with Crippen molar-refractivity contribution in [2.24, 2.45) is 5.16 Å². The number of fused-ring (bicyclic) bond motifs is 2. The van der Waals surface area contributed by atoms with Gasteiger partial charge in [-0.15, -0.1) is 0 Å². The van der Waals surface area contributed by atoms with Crippen molar-refractivity contribution < 1.29 is 14.4 Å². The van der Waals surface area contributed by atoms with Crippen LogP contribution in [0.4, 0.5) is 0 Å². The number of benzene rings is 1. The largest absolute Gasteiger partial charge is 0.497 e. The number of piperidine rings is 1. The molecule has 6 nitrogen and oxygen atoms in total. The molecule has 3 aliphatic heterocycles. The Balaban J connectivity index is 1.32. The van der Waals surface area contributed by atoms with Gasteiger partial charge in [0.1, 0.15) is 5.75 Å². The summed E-state index contributed by atoms with van der Waals surface area (Å²) in [6.45, 7) is 0. The summed E-state index contributed by atoms with van der Waals surface area (Å²) >= 11 is 0. The normalized spacial score (nSPS) is 31.4. The van der Waals surface area contributed by atoms with Crippen LogP contribution in [0.2, 0.25) is 0 Å². The van der Waals surface area contributed by atoms with Crippen LogP contribution < -0.4 is 10.1 Å². The van der Waals surface area contributed by atoms with E-state index in [1.54, 1.807) is 7.11 Å². The molecule has 3 unspecified atom stereocenters. The van der Waals surface area contributed by atoms with Crippen molar-refractivity contribution in [2.75, 3.05) is 14.2 Å². The first-order chi connectivity index (χ1) is 12.1. The fourth-order valence-electron chi connectivity index (χ4n) is 4.30. The maximum atomic E-state index is 12.6. The fourth-order valence-corrected chi connectivity index (χ4v) is 4.30. The lowest BCUT2D eigenvalue weighted by molar-refractivity contribution is -0.132. The molecule has 4 rings (SSSR count). The molecule has 0 radical (unpaired) electrons. The van der Waals surface area contributed by atoms with Gasteiger partial charge in [0.05, 0.1) is 12.8 Å². The van der Waals surface area contributed by atoms with E-state index in [1.807, 2.05) is 24.3 Å². The van der Waals surface area contributed by atoms with Crippen LogP contribution in [0, 0.1) is 0 Å². The molecule has 1 aromatic carbocycles. The van der Waals surface area contributed by atoms with Gasteiger partial charge in [0.25, 0.3) is 5.91 Å². The second-order valence-electron chi connectivity index (χ2n) is 7.29. The van der Waals surface area contributed by atoms with E-state index in [0.29, 0.717) is 18.5 Å². The molecule has 6 heteroatoms. The van der Waals surface area contributed by atoms with E-state index >= 15 is 0 Å². The first-order valence-corrected chi connectivity index (χ1v) is 9.03. The summed E-state index contributed by atoms with van der Waals surface area (Å²) in [5, 5.41) is 7.31. The van der Waals surface area contributed by atoms with Crippen molar-refractivity contribution in [1.29, 1.82) is 0 Å². The zero-order chi connectivity index (χ0) is 17.4. The lowest BCUT2D eigenvalue weighted by Gasteiger charge is -2.36.